The zero-order valence-electron chi connectivity index (χ0n) is 27.1. The average Bonchev–Trinajstić information content (AvgIpc) is 3.06. The summed E-state index contributed by atoms with van der Waals surface area (Å²) in [6.45, 7) is 8.23. The van der Waals surface area contributed by atoms with Gasteiger partial charge in [0.1, 0.15) is 0 Å². The molecule has 4 aromatic rings. The van der Waals surface area contributed by atoms with Gasteiger partial charge >= 0.3 is 0 Å². The van der Waals surface area contributed by atoms with Crippen LogP contribution in [0.1, 0.15) is 62.8 Å². The first kappa shape index (κ1) is 32.3. The summed E-state index contributed by atoms with van der Waals surface area (Å²) in [5.41, 5.74) is 4.11. The van der Waals surface area contributed by atoms with Gasteiger partial charge < -0.3 is 28.4 Å². The molecule has 0 saturated carbocycles. The Kier molecular flexibility index (Phi) is 11.2. The van der Waals surface area contributed by atoms with E-state index in [9.17, 15) is 0 Å². The molecule has 4 aromatic carbocycles. The first-order valence-corrected chi connectivity index (χ1v) is 15.1. The summed E-state index contributed by atoms with van der Waals surface area (Å²) in [6, 6.07) is 20.6. The highest BCUT2D eigenvalue weighted by molar-refractivity contribution is 5.99. The van der Waals surface area contributed by atoms with Crippen LogP contribution >= 0.6 is 0 Å². The van der Waals surface area contributed by atoms with Crippen LogP contribution in [-0.4, -0.2) is 40.6 Å². The predicted octanol–water partition coefficient (Wildman–Crippen LogP) is 9.57. The number of methoxy groups -OCH3 is 4. The quantitative estimate of drug-likeness (QED) is 0.135. The molecule has 0 heterocycles. The van der Waals surface area contributed by atoms with Crippen LogP contribution in [-0.2, 0) is 0 Å². The minimum atomic E-state index is 0.0465. The van der Waals surface area contributed by atoms with E-state index in [1.54, 1.807) is 28.4 Å². The fraction of sp³-hybridized carbons (Fsp3) is 0.316. The standard InChI is InChI=1S/C38H44O6/c1-9-25(3)43-37-33(39-5)21-27(22-34(37)40-6)17-19-29-13-11-16-32-30(14-12-15-31(29)32)20-18-28-23-35(41-7)38(36(24-28)42-8)44-26(4)10-2/h11-26H,9-10H2,1-8H3/b19-17+,20-18+. The van der Waals surface area contributed by atoms with Crippen LogP contribution in [0, 0.1) is 0 Å². The van der Waals surface area contributed by atoms with Crippen LogP contribution in [0.15, 0.2) is 60.7 Å². The maximum absolute atomic E-state index is 6.10. The SMILES string of the molecule is CCC(C)Oc1c(OC)cc(/C=C/c2cccc3c(/C=C/c4cc(OC)c(OC(C)CC)c(OC)c4)cccc23)cc1OC. The second-order valence-electron chi connectivity index (χ2n) is 10.6. The average molecular weight is 597 g/mol. The van der Waals surface area contributed by atoms with Crippen LogP contribution in [0.2, 0.25) is 0 Å². The topological polar surface area (TPSA) is 55.4 Å². The van der Waals surface area contributed by atoms with E-state index in [1.165, 1.54) is 0 Å². The van der Waals surface area contributed by atoms with Gasteiger partial charge in [-0.05, 0) is 84.0 Å². The van der Waals surface area contributed by atoms with E-state index in [2.05, 4.69) is 74.5 Å². The van der Waals surface area contributed by atoms with Crippen molar-refractivity contribution in [1.82, 2.24) is 0 Å². The second-order valence-corrected chi connectivity index (χ2v) is 10.6. The maximum atomic E-state index is 6.10. The van der Waals surface area contributed by atoms with Crippen LogP contribution in [0.3, 0.4) is 0 Å². The highest BCUT2D eigenvalue weighted by atomic mass is 16.5. The molecule has 0 aliphatic rings. The minimum absolute atomic E-state index is 0.0465. The zero-order valence-corrected chi connectivity index (χ0v) is 27.1. The molecule has 2 atom stereocenters. The van der Waals surface area contributed by atoms with Crippen molar-refractivity contribution in [2.75, 3.05) is 28.4 Å². The summed E-state index contributed by atoms with van der Waals surface area (Å²) < 4.78 is 34.9. The van der Waals surface area contributed by atoms with Gasteiger partial charge in [-0.3, -0.25) is 0 Å². The van der Waals surface area contributed by atoms with Crippen molar-refractivity contribution in [2.24, 2.45) is 0 Å². The van der Waals surface area contributed by atoms with E-state index < -0.39 is 0 Å². The molecule has 0 aromatic heterocycles. The Morgan fingerprint density at radius 1 is 0.523 bits per heavy atom. The lowest BCUT2D eigenvalue weighted by atomic mass is 9.98. The maximum Gasteiger partial charge on any atom is 0.203 e. The number of hydrogen-bond acceptors (Lipinski definition) is 6. The van der Waals surface area contributed by atoms with E-state index in [-0.39, 0.29) is 12.2 Å². The van der Waals surface area contributed by atoms with Gasteiger partial charge in [0, 0.05) is 0 Å². The van der Waals surface area contributed by atoms with Crippen molar-refractivity contribution >= 4 is 35.1 Å². The Morgan fingerprint density at radius 2 is 0.864 bits per heavy atom. The molecule has 0 spiro atoms. The Bertz CT molecular complexity index is 1450. The molecule has 6 nitrogen and oxygen atoms in total. The molecule has 0 amide bonds. The predicted molar refractivity (Wildman–Crippen MR) is 182 cm³/mol. The summed E-state index contributed by atoms with van der Waals surface area (Å²) in [5.74, 6) is 3.81. The monoisotopic (exact) mass is 596 g/mol. The molecule has 0 aliphatic heterocycles. The van der Waals surface area contributed by atoms with Gasteiger partial charge in [0.05, 0.1) is 40.6 Å². The van der Waals surface area contributed by atoms with Gasteiger partial charge in [-0.25, -0.2) is 0 Å². The van der Waals surface area contributed by atoms with Crippen molar-refractivity contribution in [3.63, 3.8) is 0 Å². The molecule has 232 valence electrons. The minimum Gasteiger partial charge on any atom is -0.493 e. The van der Waals surface area contributed by atoms with E-state index in [0.717, 1.165) is 45.9 Å². The van der Waals surface area contributed by atoms with Gasteiger partial charge in [0.2, 0.25) is 11.5 Å². The second kappa shape index (κ2) is 15.2. The molecule has 0 bridgehead atoms. The number of fused-ring (bicyclic) bond motifs is 1. The Hall–Kier alpha value is -4.58. The molecule has 0 radical (unpaired) electrons. The van der Waals surface area contributed by atoms with Crippen molar-refractivity contribution in [2.45, 2.75) is 52.7 Å². The lowest BCUT2D eigenvalue weighted by molar-refractivity contribution is 0.198. The first-order valence-electron chi connectivity index (χ1n) is 15.1. The van der Waals surface area contributed by atoms with E-state index in [4.69, 9.17) is 28.4 Å². The molecule has 0 N–H and O–H groups in total. The van der Waals surface area contributed by atoms with Gasteiger partial charge in [-0.2, -0.15) is 0 Å². The van der Waals surface area contributed by atoms with E-state index >= 15 is 0 Å². The highest BCUT2D eigenvalue weighted by Crippen LogP contribution is 2.41. The Balaban J connectivity index is 1.67. The Labute approximate surface area is 261 Å². The summed E-state index contributed by atoms with van der Waals surface area (Å²) in [5, 5.41) is 2.29. The number of ether oxygens (including phenoxy) is 6. The number of benzene rings is 4. The molecule has 0 fully saturated rings. The van der Waals surface area contributed by atoms with Crippen molar-refractivity contribution in [1.29, 1.82) is 0 Å². The third-order valence-corrected chi connectivity index (χ3v) is 7.65. The van der Waals surface area contributed by atoms with Gasteiger partial charge in [0.15, 0.2) is 23.0 Å². The van der Waals surface area contributed by atoms with Crippen molar-refractivity contribution in [3.8, 4) is 34.5 Å². The van der Waals surface area contributed by atoms with Crippen LogP contribution in [0.4, 0.5) is 0 Å². The fourth-order valence-electron chi connectivity index (χ4n) is 4.82. The number of hydrogen-bond donors (Lipinski definition) is 0. The van der Waals surface area contributed by atoms with Crippen molar-refractivity contribution < 1.29 is 28.4 Å². The normalized spacial score (nSPS) is 12.8. The smallest absolute Gasteiger partial charge is 0.203 e. The third-order valence-electron chi connectivity index (χ3n) is 7.65. The number of rotatable bonds is 14. The fourth-order valence-corrected chi connectivity index (χ4v) is 4.82. The molecule has 0 aliphatic carbocycles. The highest BCUT2D eigenvalue weighted by Gasteiger charge is 2.17. The summed E-state index contributed by atoms with van der Waals surface area (Å²) in [6.07, 6.45) is 10.2. The first-order chi connectivity index (χ1) is 21.3. The molecule has 6 heteroatoms. The van der Waals surface area contributed by atoms with E-state index in [0.29, 0.717) is 34.5 Å². The van der Waals surface area contributed by atoms with Gasteiger partial charge in [-0.15, -0.1) is 0 Å². The molecule has 4 rings (SSSR count). The van der Waals surface area contributed by atoms with Crippen molar-refractivity contribution in [3.05, 3.63) is 82.9 Å². The molecular weight excluding hydrogens is 552 g/mol. The van der Waals surface area contributed by atoms with Crippen LogP contribution in [0.5, 0.6) is 34.5 Å². The third kappa shape index (κ3) is 7.49. The van der Waals surface area contributed by atoms with E-state index in [1.807, 2.05) is 38.1 Å². The summed E-state index contributed by atoms with van der Waals surface area (Å²) in [4.78, 5) is 0. The molecule has 0 saturated heterocycles. The Morgan fingerprint density at radius 3 is 1.16 bits per heavy atom. The lowest BCUT2D eigenvalue weighted by Crippen LogP contribution is -2.11. The summed E-state index contributed by atoms with van der Waals surface area (Å²) >= 11 is 0. The lowest BCUT2D eigenvalue weighted by Gasteiger charge is -2.19. The molecule has 2 unspecified atom stereocenters. The van der Waals surface area contributed by atoms with Crippen LogP contribution in [0.25, 0.3) is 35.1 Å². The van der Waals surface area contributed by atoms with Crippen LogP contribution < -0.4 is 28.4 Å². The molecule has 44 heavy (non-hydrogen) atoms. The van der Waals surface area contributed by atoms with Gasteiger partial charge in [-0.1, -0.05) is 74.5 Å². The molecular formula is C38H44O6. The summed E-state index contributed by atoms with van der Waals surface area (Å²) in [7, 11) is 6.58. The zero-order chi connectivity index (χ0) is 31.6. The largest absolute Gasteiger partial charge is 0.493 e. The van der Waals surface area contributed by atoms with Gasteiger partial charge in [0.25, 0.3) is 0 Å².